The molecule has 0 saturated carbocycles. The van der Waals surface area contributed by atoms with Gasteiger partial charge in [0, 0.05) is 9.52 Å². The second kappa shape index (κ2) is 19.2. The van der Waals surface area contributed by atoms with Crippen LogP contribution in [-0.4, -0.2) is 9.52 Å². The van der Waals surface area contributed by atoms with E-state index < -0.39 is 0 Å². The van der Waals surface area contributed by atoms with E-state index in [9.17, 15) is 0 Å². The zero-order chi connectivity index (χ0) is 14.7. The standard InChI is InChI=1S/C19H42Si/c1-3-5-7-8-9-10-11-12-13-14-15-17-19-20-18-16-6-4-2/h3-20H2,1-2H3. The maximum absolute atomic E-state index is 2.31. The van der Waals surface area contributed by atoms with Crippen molar-refractivity contribution in [2.45, 2.75) is 122 Å². The molecule has 0 saturated heterocycles. The number of hydrogen-bond acceptors (Lipinski definition) is 0. The molecule has 0 rings (SSSR count). The van der Waals surface area contributed by atoms with Crippen molar-refractivity contribution in [3.63, 3.8) is 0 Å². The Balaban J connectivity index is 2.89. The Bertz CT molecular complexity index is 138. The van der Waals surface area contributed by atoms with Crippen molar-refractivity contribution in [3.8, 4) is 0 Å². The van der Waals surface area contributed by atoms with Gasteiger partial charge in [-0.25, -0.2) is 0 Å². The van der Waals surface area contributed by atoms with Gasteiger partial charge in [0.15, 0.2) is 0 Å². The third kappa shape index (κ3) is 18.2. The lowest BCUT2D eigenvalue weighted by Gasteiger charge is -2.03. The minimum atomic E-state index is 0.333. The van der Waals surface area contributed by atoms with Gasteiger partial charge in [-0.05, 0) is 0 Å². The predicted octanol–water partition coefficient (Wildman–Crippen LogP) is 6.88. The highest BCUT2D eigenvalue weighted by atomic mass is 28.2. The van der Waals surface area contributed by atoms with E-state index in [0.717, 1.165) is 0 Å². The molecule has 0 N–H and O–H groups in total. The monoisotopic (exact) mass is 298 g/mol. The third-order valence-electron chi connectivity index (χ3n) is 4.46. The molecular weight excluding hydrogens is 256 g/mol. The quantitative estimate of drug-likeness (QED) is 0.203. The molecule has 0 aromatic carbocycles. The fraction of sp³-hybridized carbons (Fsp3) is 1.00. The molecule has 0 fully saturated rings. The maximum Gasteiger partial charge on any atom is 0.0197 e. The highest BCUT2D eigenvalue weighted by molar-refractivity contribution is 6.35. The van der Waals surface area contributed by atoms with E-state index in [-0.39, 0.29) is 0 Å². The molecule has 0 bridgehead atoms. The topological polar surface area (TPSA) is 0 Å². The van der Waals surface area contributed by atoms with Crippen LogP contribution in [0.5, 0.6) is 0 Å². The van der Waals surface area contributed by atoms with Crippen LogP contribution in [0.1, 0.15) is 110 Å². The summed E-state index contributed by atoms with van der Waals surface area (Å²) < 4.78 is 0. The Morgan fingerprint density at radius 2 is 0.700 bits per heavy atom. The van der Waals surface area contributed by atoms with E-state index in [1.807, 2.05) is 0 Å². The van der Waals surface area contributed by atoms with Crippen LogP contribution in [0.2, 0.25) is 12.1 Å². The van der Waals surface area contributed by atoms with Crippen molar-refractivity contribution in [2.24, 2.45) is 0 Å². The number of unbranched alkanes of at least 4 members (excludes halogenated alkanes) is 13. The van der Waals surface area contributed by atoms with Crippen LogP contribution in [0.15, 0.2) is 0 Å². The summed E-state index contributed by atoms with van der Waals surface area (Å²) in [4.78, 5) is 0. The summed E-state index contributed by atoms with van der Waals surface area (Å²) in [5.41, 5.74) is 0. The summed E-state index contributed by atoms with van der Waals surface area (Å²) in [5.74, 6) is 0. The van der Waals surface area contributed by atoms with Crippen LogP contribution in [0, 0.1) is 0 Å². The average Bonchev–Trinajstić information content (AvgIpc) is 2.47. The highest BCUT2D eigenvalue weighted by Crippen LogP contribution is 2.12. The SMILES string of the molecule is CCCCCCCCCCCCCC[SiH2]CCCCC. The van der Waals surface area contributed by atoms with Crippen molar-refractivity contribution in [3.05, 3.63) is 0 Å². The van der Waals surface area contributed by atoms with E-state index in [4.69, 9.17) is 0 Å². The lowest BCUT2D eigenvalue weighted by atomic mass is 10.1. The van der Waals surface area contributed by atoms with Gasteiger partial charge in [0.2, 0.25) is 0 Å². The first kappa shape index (κ1) is 20.2. The molecule has 0 nitrogen and oxygen atoms in total. The Labute approximate surface area is 132 Å². The second-order valence-electron chi connectivity index (χ2n) is 6.66. The van der Waals surface area contributed by atoms with Gasteiger partial charge in [0.25, 0.3) is 0 Å². The summed E-state index contributed by atoms with van der Waals surface area (Å²) in [6.07, 6.45) is 22.3. The van der Waals surface area contributed by atoms with Crippen molar-refractivity contribution in [2.75, 3.05) is 0 Å². The zero-order valence-electron chi connectivity index (χ0n) is 14.7. The molecule has 0 aliphatic carbocycles. The van der Waals surface area contributed by atoms with Gasteiger partial charge in [-0.2, -0.15) is 0 Å². The average molecular weight is 299 g/mol. The molecule has 0 unspecified atom stereocenters. The fourth-order valence-electron chi connectivity index (χ4n) is 2.97. The van der Waals surface area contributed by atoms with Crippen LogP contribution >= 0.6 is 0 Å². The lowest BCUT2D eigenvalue weighted by molar-refractivity contribution is 0.547. The van der Waals surface area contributed by atoms with E-state index >= 15 is 0 Å². The van der Waals surface area contributed by atoms with Gasteiger partial charge >= 0.3 is 0 Å². The molecule has 0 aliphatic rings. The number of rotatable bonds is 17. The minimum Gasteiger partial charge on any atom is -0.0654 e. The van der Waals surface area contributed by atoms with Gasteiger partial charge in [-0.1, -0.05) is 122 Å². The predicted molar refractivity (Wildman–Crippen MR) is 98.8 cm³/mol. The van der Waals surface area contributed by atoms with E-state index in [2.05, 4.69) is 13.8 Å². The lowest BCUT2D eigenvalue weighted by Crippen LogP contribution is -1.89. The molecule has 0 aliphatic heterocycles. The Morgan fingerprint density at radius 1 is 0.400 bits per heavy atom. The summed E-state index contributed by atoms with van der Waals surface area (Å²) >= 11 is 0. The molecule has 0 amide bonds. The molecule has 0 radical (unpaired) electrons. The highest BCUT2D eigenvalue weighted by Gasteiger charge is 1.94. The molecular formula is C19H42Si. The minimum absolute atomic E-state index is 0.333. The van der Waals surface area contributed by atoms with Crippen molar-refractivity contribution >= 4 is 9.52 Å². The Hall–Kier alpha value is 0.217. The first-order chi connectivity index (χ1) is 9.91. The van der Waals surface area contributed by atoms with Gasteiger partial charge in [0.05, 0.1) is 0 Å². The first-order valence-corrected chi connectivity index (χ1v) is 11.9. The van der Waals surface area contributed by atoms with Crippen molar-refractivity contribution in [1.82, 2.24) is 0 Å². The molecule has 0 atom stereocenters. The smallest absolute Gasteiger partial charge is 0.0197 e. The van der Waals surface area contributed by atoms with Crippen LogP contribution in [-0.2, 0) is 0 Å². The van der Waals surface area contributed by atoms with Crippen LogP contribution < -0.4 is 0 Å². The third-order valence-corrected chi connectivity index (χ3v) is 6.46. The first-order valence-electron chi connectivity index (χ1n) is 9.91. The van der Waals surface area contributed by atoms with Gasteiger partial charge in [-0.3, -0.25) is 0 Å². The molecule has 20 heavy (non-hydrogen) atoms. The van der Waals surface area contributed by atoms with Crippen LogP contribution in [0.3, 0.4) is 0 Å². The van der Waals surface area contributed by atoms with Crippen LogP contribution in [0.4, 0.5) is 0 Å². The van der Waals surface area contributed by atoms with Crippen LogP contribution in [0.25, 0.3) is 0 Å². The zero-order valence-corrected chi connectivity index (χ0v) is 16.1. The van der Waals surface area contributed by atoms with E-state index in [0.29, 0.717) is 9.52 Å². The summed E-state index contributed by atoms with van der Waals surface area (Å²) in [6.45, 7) is 4.61. The molecule has 122 valence electrons. The van der Waals surface area contributed by atoms with Gasteiger partial charge in [0.1, 0.15) is 0 Å². The largest absolute Gasteiger partial charge is 0.0654 e. The van der Waals surface area contributed by atoms with E-state index in [1.165, 1.54) is 89.9 Å². The second-order valence-corrected chi connectivity index (χ2v) is 8.78. The molecule has 0 aromatic rings. The van der Waals surface area contributed by atoms with Gasteiger partial charge < -0.3 is 0 Å². The molecule has 0 aromatic heterocycles. The van der Waals surface area contributed by atoms with E-state index in [1.54, 1.807) is 18.5 Å². The van der Waals surface area contributed by atoms with Gasteiger partial charge in [-0.15, -0.1) is 0 Å². The summed E-state index contributed by atoms with van der Waals surface area (Å²) in [5, 5.41) is 0. The molecule has 1 heteroatoms. The fourth-order valence-corrected chi connectivity index (χ4v) is 4.74. The summed E-state index contributed by atoms with van der Waals surface area (Å²) in [7, 11) is 0.333. The number of hydrogen-bond donors (Lipinski definition) is 0. The summed E-state index contributed by atoms with van der Waals surface area (Å²) in [6, 6.07) is 3.24. The maximum atomic E-state index is 2.31. The molecule has 0 heterocycles. The Kier molecular flexibility index (Phi) is 19.4. The normalized spacial score (nSPS) is 11.7. The van der Waals surface area contributed by atoms with Crippen molar-refractivity contribution < 1.29 is 0 Å². The van der Waals surface area contributed by atoms with Crippen molar-refractivity contribution in [1.29, 1.82) is 0 Å². The molecule has 0 spiro atoms. The Morgan fingerprint density at radius 3 is 1.15 bits per heavy atom.